The highest BCUT2D eigenvalue weighted by atomic mass is 32.2. The largest absolute Gasteiger partial charge is 0.417 e. The number of halogens is 3. The van der Waals surface area contributed by atoms with Crippen molar-refractivity contribution in [2.45, 2.75) is 24.4 Å². The molecule has 1 rings (SSSR count). The molecule has 0 unspecified atom stereocenters. The molecule has 0 aromatic heterocycles. The van der Waals surface area contributed by atoms with Crippen molar-refractivity contribution < 1.29 is 21.6 Å². The van der Waals surface area contributed by atoms with E-state index in [1.165, 1.54) is 6.07 Å². The lowest BCUT2D eigenvalue weighted by atomic mass is 10.2. The maximum Gasteiger partial charge on any atom is 0.417 e. The molecule has 0 fully saturated rings. The Hall–Kier alpha value is -1.12. The average Bonchev–Trinajstić information content (AvgIpc) is 2.38. The average molecular weight is 310 g/mol. The molecule has 0 aliphatic rings. The molecule has 0 aliphatic heterocycles. The van der Waals surface area contributed by atoms with Crippen LogP contribution in [0.4, 0.5) is 13.2 Å². The quantitative estimate of drug-likeness (QED) is 0.875. The van der Waals surface area contributed by atoms with Gasteiger partial charge in [-0.2, -0.15) is 17.5 Å². The van der Waals surface area contributed by atoms with Crippen LogP contribution in [0.1, 0.15) is 18.9 Å². The number of benzene rings is 1. The van der Waals surface area contributed by atoms with Gasteiger partial charge in [-0.3, -0.25) is 0 Å². The first-order valence-electron chi connectivity index (χ1n) is 6.11. The number of hydrogen-bond acceptors (Lipinski definition) is 3. The molecule has 0 spiro atoms. The van der Waals surface area contributed by atoms with E-state index in [1.807, 2.05) is 0 Å². The SMILES string of the molecule is CCN(CCCN)S(=O)(=O)c1ccccc1C(F)(F)F. The van der Waals surface area contributed by atoms with Crippen LogP contribution < -0.4 is 5.73 Å². The summed E-state index contributed by atoms with van der Waals surface area (Å²) in [5, 5.41) is 0. The van der Waals surface area contributed by atoms with Crippen molar-refractivity contribution in [2.75, 3.05) is 19.6 Å². The van der Waals surface area contributed by atoms with Gasteiger partial charge >= 0.3 is 6.18 Å². The number of nitrogens with zero attached hydrogens (tertiary/aromatic N) is 1. The summed E-state index contributed by atoms with van der Waals surface area (Å²) in [6.45, 7) is 2.03. The molecule has 0 heterocycles. The summed E-state index contributed by atoms with van der Waals surface area (Å²) in [6.07, 6.45) is -4.32. The highest BCUT2D eigenvalue weighted by Gasteiger charge is 2.38. The zero-order valence-electron chi connectivity index (χ0n) is 11.0. The fourth-order valence-corrected chi connectivity index (χ4v) is 3.48. The Morgan fingerprint density at radius 1 is 1.25 bits per heavy atom. The molecule has 8 heteroatoms. The second-order valence-electron chi connectivity index (χ2n) is 4.13. The standard InChI is InChI=1S/C12H17F3N2O2S/c1-2-17(9-5-8-16)20(18,19)11-7-4-3-6-10(11)12(13,14)15/h3-4,6-7H,2,5,8-9,16H2,1H3. The Kier molecular flexibility index (Phi) is 5.55. The van der Waals surface area contributed by atoms with Crippen LogP contribution in [0.3, 0.4) is 0 Å². The Balaban J connectivity index is 3.28. The lowest BCUT2D eigenvalue weighted by Crippen LogP contribution is -2.34. The van der Waals surface area contributed by atoms with E-state index in [0.29, 0.717) is 6.42 Å². The molecule has 1 aromatic carbocycles. The van der Waals surface area contributed by atoms with E-state index >= 15 is 0 Å². The number of sulfonamides is 1. The number of rotatable bonds is 6. The van der Waals surface area contributed by atoms with Crippen LogP contribution in [0.5, 0.6) is 0 Å². The summed E-state index contributed by atoms with van der Waals surface area (Å²) < 4.78 is 64.3. The van der Waals surface area contributed by atoms with Crippen LogP contribution in [0.2, 0.25) is 0 Å². The summed E-state index contributed by atoms with van der Waals surface area (Å²) in [4.78, 5) is -0.716. The van der Waals surface area contributed by atoms with Gasteiger partial charge in [-0.25, -0.2) is 8.42 Å². The smallest absolute Gasteiger partial charge is 0.330 e. The first-order valence-corrected chi connectivity index (χ1v) is 7.55. The predicted molar refractivity (Wildman–Crippen MR) is 69.5 cm³/mol. The topological polar surface area (TPSA) is 63.4 Å². The highest BCUT2D eigenvalue weighted by molar-refractivity contribution is 7.89. The third kappa shape index (κ3) is 3.71. The molecule has 0 bridgehead atoms. The van der Waals surface area contributed by atoms with E-state index in [2.05, 4.69) is 0 Å². The van der Waals surface area contributed by atoms with E-state index in [0.717, 1.165) is 22.5 Å². The summed E-state index contributed by atoms with van der Waals surface area (Å²) in [6, 6.07) is 4.18. The second kappa shape index (κ2) is 6.55. The van der Waals surface area contributed by atoms with Crippen LogP contribution in [0.15, 0.2) is 29.2 Å². The van der Waals surface area contributed by atoms with E-state index in [1.54, 1.807) is 6.92 Å². The molecule has 0 amide bonds. The van der Waals surface area contributed by atoms with E-state index in [4.69, 9.17) is 5.73 Å². The number of hydrogen-bond donors (Lipinski definition) is 1. The van der Waals surface area contributed by atoms with Crippen molar-refractivity contribution in [1.82, 2.24) is 4.31 Å². The Morgan fingerprint density at radius 3 is 2.35 bits per heavy atom. The van der Waals surface area contributed by atoms with Gasteiger partial charge in [-0.05, 0) is 25.1 Å². The van der Waals surface area contributed by atoms with Crippen LogP contribution in [-0.4, -0.2) is 32.4 Å². The maximum absolute atomic E-state index is 12.9. The Bertz CT molecular complexity index is 544. The predicted octanol–water partition coefficient (Wildman–Crippen LogP) is 2.06. The van der Waals surface area contributed by atoms with Crippen LogP contribution >= 0.6 is 0 Å². The minimum atomic E-state index is -4.71. The molecule has 114 valence electrons. The van der Waals surface area contributed by atoms with Gasteiger partial charge in [0.15, 0.2) is 0 Å². The molecular weight excluding hydrogens is 293 g/mol. The van der Waals surface area contributed by atoms with E-state index < -0.39 is 26.7 Å². The van der Waals surface area contributed by atoms with Gasteiger partial charge in [0.1, 0.15) is 0 Å². The fourth-order valence-electron chi connectivity index (χ4n) is 1.78. The minimum Gasteiger partial charge on any atom is -0.330 e. The third-order valence-electron chi connectivity index (χ3n) is 2.77. The molecule has 0 aliphatic carbocycles. The maximum atomic E-state index is 12.9. The van der Waals surface area contributed by atoms with Gasteiger partial charge in [0, 0.05) is 13.1 Å². The highest BCUT2D eigenvalue weighted by Crippen LogP contribution is 2.35. The lowest BCUT2D eigenvalue weighted by Gasteiger charge is -2.22. The molecule has 20 heavy (non-hydrogen) atoms. The molecule has 1 aromatic rings. The first kappa shape index (κ1) is 16.9. The zero-order valence-corrected chi connectivity index (χ0v) is 11.8. The van der Waals surface area contributed by atoms with E-state index in [-0.39, 0.29) is 19.6 Å². The van der Waals surface area contributed by atoms with Gasteiger partial charge in [0.25, 0.3) is 0 Å². The second-order valence-corrected chi connectivity index (χ2v) is 6.04. The molecule has 2 N–H and O–H groups in total. The van der Waals surface area contributed by atoms with Crippen molar-refractivity contribution in [1.29, 1.82) is 0 Å². The minimum absolute atomic E-state index is 0.0918. The molecule has 0 atom stereocenters. The van der Waals surface area contributed by atoms with Gasteiger partial charge in [-0.1, -0.05) is 19.1 Å². The van der Waals surface area contributed by atoms with Gasteiger partial charge in [-0.15, -0.1) is 0 Å². The molecule has 0 saturated carbocycles. The zero-order chi connectivity index (χ0) is 15.4. The molecule has 0 radical (unpaired) electrons. The first-order chi connectivity index (χ1) is 9.25. The van der Waals surface area contributed by atoms with E-state index in [9.17, 15) is 21.6 Å². The summed E-state index contributed by atoms with van der Waals surface area (Å²) >= 11 is 0. The fraction of sp³-hybridized carbons (Fsp3) is 0.500. The summed E-state index contributed by atoms with van der Waals surface area (Å²) in [5.74, 6) is 0. The van der Waals surface area contributed by atoms with Gasteiger partial charge in [0.05, 0.1) is 10.5 Å². The lowest BCUT2D eigenvalue weighted by molar-refractivity contribution is -0.139. The number of alkyl halides is 3. The third-order valence-corrected chi connectivity index (χ3v) is 4.81. The van der Waals surface area contributed by atoms with Crippen molar-refractivity contribution in [2.24, 2.45) is 5.73 Å². The number of nitrogens with two attached hydrogens (primary N) is 1. The van der Waals surface area contributed by atoms with Crippen molar-refractivity contribution in [3.05, 3.63) is 29.8 Å². The van der Waals surface area contributed by atoms with Gasteiger partial charge < -0.3 is 5.73 Å². The molecule has 0 saturated heterocycles. The van der Waals surface area contributed by atoms with Gasteiger partial charge in [0.2, 0.25) is 10.0 Å². The normalized spacial score (nSPS) is 12.9. The van der Waals surface area contributed by atoms with Crippen LogP contribution in [0.25, 0.3) is 0 Å². The molecule has 4 nitrogen and oxygen atoms in total. The van der Waals surface area contributed by atoms with Crippen LogP contribution in [-0.2, 0) is 16.2 Å². The van der Waals surface area contributed by atoms with Crippen LogP contribution in [0, 0.1) is 0 Å². The van der Waals surface area contributed by atoms with Crippen molar-refractivity contribution in [3.63, 3.8) is 0 Å². The van der Waals surface area contributed by atoms with Crippen molar-refractivity contribution in [3.8, 4) is 0 Å². The molecular formula is C12H17F3N2O2S. The van der Waals surface area contributed by atoms with Crippen molar-refractivity contribution >= 4 is 10.0 Å². The monoisotopic (exact) mass is 310 g/mol. The summed E-state index contributed by atoms with van der Waals surface area (Å²) in [7, 11) is -4.18. The Labute approximate surface area is 116 Å². The Morgan fingerprint density at radius 2 is 1.85 bits per heavy atom. The summed E-state index contributed by atoms with van der Waals surface area (Å²) in [5.41, 5.74) is 4.16.